The van der Waals surface area contributed by atoms with Gasteiger partial charge < -0.3 is 30.7 Å². The molecule has 0 saturated heterocycles. The van der Waals surface area contributed by atoms with Gasteiger partial charge in [0.2, 0.25) is 0 Å². The van der Waals surface area contributed by atoms with Crippen molar-refractivity contribution in [1.82, 2.24) is 15.3 Å². The van der Waals surface area contributed by atoms with Crippen LogP contribution in [0.25, 0.3) is 0 Å². The SMILES string of the molecule is CC(C)Cc1cnc(SCc2c(Cl)ccc3c2CCNCC3)[nH]1.O=C(O)[C@H](O)[C@@H](O)C(=O)O. The molecule has 0 fully saturated rings. The fourth-order valence-corrected chi connectivity index (χ4v) is 4.61. The maximum Gasteiger partial charge on any atom is 0.335 e. The van der Waals surface area contributed by atoms with Crippen LogP contribution < -0.4 is 5.32 Å². The van der Waals surface area contributed by atoms with Crippen LogP contribution in [0.4, 0.5) is 0 Å². The number of hydrogen-bond donors (Lipinski definition) is 6. The average Bonchev–Trinajstić information content (AvgIpc) is 3.05. The minimum Gasteiger partial charge on any atom is -0.479 e. The smallest absolute Gasteiger partial charge is 0.335 e. The minimum absolute atomic E-state index is 0.639. The van der Waals surface area contributed by atoms with Gasteiger partial charge in [-0.3, -0.25) is 0 Å². The number of aliphatic carboxylic acids is 2. The van der Waals surface area contributed by atoms with Crippen LogP contribution in [-0.4, -0.2) is 67.6 Å². The second-order valence-corrected chi connectivity index (χ2v) is 9.45. The second-order valence-electron chi connectivity index (χ2n) is 8.08. The molecule has 0 radical (unpaired) electrons. The summed E-state index contributed by atoms with van der Waals surface area (Å²) in [5.41, 5.74) is 5.36. The highest BCUT2D eigenvalue weighted by atomic mass is 35.5. The zero-order valence-corrected chi connectivity index (χ0v) is 20.1. The van der Waals surface area contributed by atoms with E-state index in [9.17, 15) is 9.59 Å². The molecule has 1 aliphatic heterocycles. The molecule has 33 heavy (non-hydrogen) atoms. The molecule has 0 unspecified atom stereocenters. The molecule has 1 aromatic heterocycles. The van der Waals surface area contributed by atoms with Gasteiger partial charge >= 0.3 is 11.9 Å². The standard InChI is InChI=1S/C18H24ClN3S.C4H6O6/c1-12(2)9-14-10-21-18(22-14)23-11-16-15-6-8-20-7-5-13(15)3-4-17(16)19;5-1(3(7)8)2(6)4(9)10/h3-4,10,12,20H,5-9,11H2,1-2H3,(H,21,22);1-2,5-6H,(H,7,8)(H,9,10)/t;1-,2-/m.1/s1. The number of H-pyrrole nitrogens is 1. The molecule has 0 spiro atoms. The lowest BCUT2D eigenvalue weighted by atomic mass is 9.98. The van der Waals surface area contributed by atoms with Gasteiger partial charge in [-0.2, -0.15) is 0 Å². The number of aromatic nitrogens is 2. The van der Waals surface area contributed by atoms with Crippen molar-refractivity contribution in [3.8, 4) is 0 Å². The number of nitrogens with one attached hydrogen (secondary N) is 2. The van der Waals surface area contributed by atoms with Crippen molar-refractivity contribution < 1.29 is 30.0 Å². The number of fused-ring (bicyclic) bond motifs is 1. The molecule has 1 aliphatic rings. The lowest BCUT2D eigenvalue weighted by Crippen LogP contribution is -2.39. The Bertz CT molecular complexity index is 934. The van der Waals surface area contributed by atoms with Crippen LogP contribution in [0.1, 0.15) is 36.2 Å². The molecular formula is C22H30ClN3O6S. The van der Waals surface area contributed by atoms with E-state index in [2.05, 4.69) is 35.2 Å². The number of carbonyl (C=O) groups is 2. The molecule has 182 valence electrons. The van der Waals surface area contributed by atoms with Crippen LogP contribution in [0.5, 0.6) is 0 Å². The van der Waals surface area contributed by atoms with E-state index in [0.29, 0.717) is 5.92 Å². The first-order valence-corrected chi connectivity index (χ1v) is 11.9. The molecule has 2 heterocycles. The maximum absolute atomic E-state index is 9.77. The quantitative estimate of drug-likeness (QED) is 0.299. The highest BCUT2D eigenvalue weighted by molar-refractivity contribution is 7.98. The number of aliphatic hydroxyl groups is 2. The Morgan fingerprint density at radius 2 is 1.76 bits per heavy atom. The van der Waals surface area contributed by atoms with Crippen LogP contribution >= 0.6 is 23.4 Å². The van der Waals surface area contributed by atoms with Crippen molar-refractivity contribution in [3.63, 3.8) is 0 Å². The van der Waals surface area contributed by atoms with Crippen molar-refractivity contribution in [2.24, 2.45) is 5.92 Å². The summed E-state index contributed by atoms with van der Waals surface area (Å²) < 4.78 is 0. The Labute approximate surface area is 201 Å². The van der Waals surface area contributed by atoms with Crippen molar-refractivity contribution in [1.29, 1.82) is 0 Å². The van der Waals surface area contributed by atoms with Crippen molar-refractivity contribution in [2.75, 3.05) is 13.1 Å². The number of carboxylic acids is 2. The number of thioether (sulfide) groups is 1. The zero-order valence-electron chi connectivity index (χ0n) is 18.5. The molecule has 9 nitrogen and oxygen atoms in total. The van der Waals surface area contributed by atoms with Crippen molar-refractivity contribution >= 4 is 35.3 Å². The highest BCUT2D eigenvalue weighted by Gasteiger charge is 2.29. The van der Waals surface area contributed by atoms with Crippen molar-refractivity contribution in [2.45, 2.75) is 56.2 Å². The summed E-state index contributed by atoms with van der Waals surface area (Å²) in [4.78, 5) is 27.5. The largest absolute Gasteiger partial charge is 0.479 e. The van der Waals surface area contributed by atoms with Gasteiger partial charge in [0.15, 0.2) is 17.4 Å². The third-order valence-electron chi connectivity index (χ3n) is 4.99. The van der Waals surface area contributed by atoms with Gasteiger partial charge in [-0.15, -0.1) is 0 Å². The molecule has 1 aromatic carbocycles. The Hall–Kier alpha value is -2.11. The first-order chi connectivity index (χ1) is 15.6. The van der Waals surface area contributed by atoms with Gasteiger partial charge in [-0.05, 0) is 61.0 Å². The first-order valence-electron chi connectivity index (χ1n) is 10.6. The number of aromatic amines is 1. The molecule has 2 atom stereocenters. The minimum atomic E-state index is -2.27. The third kappa shape index (κ3) is 8.31. The van der Waals surface area contributed by atoms with Crippen LogP contribution in [0.2, 0.25) is 5.02 Å². The topological polar surface area (TPSA) is 156 Å². The summed E-state index contributed by atoms with van der Waals surface area (Å²) in [7, 11) is 0. The third-order valence-corrected chi connectivity index (χ3v) is 6.25. The number of aliphatic hydroxyl groups excluding tert-OH is 2. The number of nitrogens with zero attached hydrogens (tertiary/aromatic N) is 1. The number of halogens is 1. The van der Waals surface area contributed by atoms with E-state index >= 15 is 0 Å². The van der Waals surface area contributed by atoms with Gasteiger partial charge in [0.25, 0.3) is 0 Å². The number of benzene rings is 1. The Morgan fingerprint density at radius 1 is 1.12 bits per heavy atom. The lowest BCUT2D eigenvalue weighted by Gasteiger charge is -2.13. The van der Waals surface area contributed by atoms with E-state index in [0.717, 1.165) is 48.3 Å². The van der Waals surface area contributed by atoms with E-state index in [1.807, 2.05) is 12.3 Å². The molecule has 0 amide bonds. The van der Waals surface area contributed by atoms with E-state index in [4.69, 9.17) is 32.0 Å². The molecule has 0 bridgehead atoms. The summed E-state index contributed by atoms with van der Waals surface area (Å²) in [6.45, 7) is 6.53. The first kappa shape index (κ1) is 27.1. The van der Waals surface area contributed by atoms with E-state index in [1.54, 1.807) is 11.8 Å². The number of hydrogen-bond acceptors (Lipinski definition) is 7. The fourth-order valence-electron chi connectivity index (χ4n) is 3.34. The number of imidazole rings is 1. The van der Waals surface area contributed by atoms with Gasteiger partial charge in [0.1, 0.15) is 0 Å². The molecular weight excluding hydrogens is 470 g/mol. The number of carboxylic acid groups (broad SMARTS) is 2. The van der Waals surface area contributed by atoms with Crippen LogP contribution in [0.15, 0.2) is 23.5 Å². The van der Waals surface area contributed by atoms with E-state index in [-0.39, 0.29) is 0 Å². The monoisotopic (exact) mass is 499 g/mol. The van der Waals surface area contributed by atoms with Crippen LogP contribution in [0.3, 0.4) is 0 Å². The van der Waals surface area contributed by atoms with Crippen molar-refractivity contribution in [3.05, 3.63) is 45.7 Å². The van der Waals surface area contributed by atoms with E-state index < -0.39 is 24.1 Å². The van der Waals surface area contributed by atoms with Gasteiger partial charge in [-0.25, -0.2) is 14.6 Å². The zero-order chi connectivity index (χ0) is 24.5. The van der Waals surface area contributed by atoms with E-state index in [1.165, 1.54) is 22.4 Å². The highest BCUT2D eigenvalue weighted by Crippen LogP contribution is 2.31. The van der Waals surface area contributed by atoms with Gasteiger partial charge in [0.05, 0.1) is 0 Å². The Balaban J connectivity index is 0.000000328. The second kappa shape index (κ2) is 13.0. The Kier molecular flexibility index (Phi) is 10.6. The summed E-state index contributed by atoms with van der Waals surface area (Å²) in [5.74, 6) is -2.03. The molecule has 6 N–H and O–H groups in total. The molecule has 0 aliphatic carbocycles. The lowest BCUT2D eigenvalue weighted by molar-refractivity contribution is -0.165. The molecule has 0 saturated carbocycles. The average molecular weight is 500 g/mol. The molecule has 3 rings (SSSR count). The summed E-state index contributed by atoms with van der Waals surface area (Å²) in [6, 6.07) is 4.24. The van der Waals surface area contributed by atoms with Crippen LogP contribution in [0, 0.1) is 5.92 Å². The fraction of sp³-hybridized carbons (Fsp3) is 0.500. The predicted molar refractivity (Wildman–Crippen MR) is 126 cm³/mol. The summed E-state index contributed by atoms with van der Waals surface area (Å²) in [6.07, 6.45) is 0.613. The van der Waals surface area contributed by atoms with Gasteiger partial charge in [-0.1, -0.05) is 43.3 Å². The summed E-state index contributed by atoms with van der Waals surface area (Å²) >= 11 is 8.23. The van der Waals surface area contributed by atoms with Gasteiger partial charge in [0, 0.05) is 22.7 Å². The normalized spacial score (nSPS) is 15.1. The Morgan fingerprint density at radius 3 is 2.36 bits per heavy atom. The summed E-state index contributed by atoms with van der Waals surface area (Å²) in [5, 5.41) is 37.9. The predicted octanol–water partition coefficient (Wildman–Crippen LogP) is 2.12. The maximum atomic E-state index is 9.77. The van der Waals surface area contributed by atoms with Crippen LogP contribution in [-0.2, 0) is 34.6 Å². The molecule has 11 heteroatoms. The number of rotatable bonds is 8. The molecule has 2 aromatic rings.